The van der Waals surface area contributed by atoms with E-state index in [1.165, 1.54) is 6.07 Å². The fraction of sp³-hybridized carbons (Fsp3) is 0.520. The van der Waals surface area contributed by atoms with Gasteiger partial charge in [-0.15, -0.1) is 0 Å². The normalized spacial score (nSPS) is 23.8. The number of halogens is 2. The monoisotopic (exact) mass is 430 g/mol. The second-order valence-electron chi connectivity index (χ2n) is 8.87. The predicted octanol–water partition coefficient (Wildman–Crippen LogP) is 5.50. The zero-order valence-corrected chi connectivity index (χ0v) is 18.6. The van der Waals surface area contributed by atoms with Crippen molar-refractivity contribution < 1.29 is 18.3 Å². The molecule has 2 heterocycles. The van der Waals surface area contributed by atoms with Crippen molar-refractivity contribution >= 4 is 11.4 Å². The van der Waals surface area contributed by atoms with E-state index < -0.39 is 0 Å². The van der Waals surface area contributed by atoms with Crippen LogP contribution in [0.3, 0.4) is 0 Å². The van der Waals surface area contributed by atoms with Crippen molar-refractivity contribution in [3.63, 3.8) is 0 Å². The Labute approximate surface area is 183 Å². The van der Waals surface area contributed by atoms with Crippen LogP contribution >= 0.6 is 0 Å². The minimum Gasteiger partial charge on any atom is -0.494 e. The highest BCUT2D eigenvalue weighted by atomic mass is 19.1. The summed E-state index contributed by atoms with van der Waals surface area (Å²) in [6.45, 7) is 9.96. The lowest BCUT2D eigenvalue weighted by atomic mass is 9.95. The Morgan fingerprint density at radius 1 is 0.935 bits per heavy atom. The molecule has 2 aromatic carbocycles. The molecule has 0 spiro atoms. The van der Waals surface area contributed by atoms with Gasteiger partial charge in [-0.25, -0.2) is 8.78 Å². The summed E-state index contributed by atoms with van der Waals surface area (Å²) in [5.74, 6) is 1.16. The van der Waals surface area contributed by atoms with Crippen molar-refractivity contribution in [3.8, 4) is 11.5 Å². The first-order chi connectivity index (χ1) is 14.9. The molecule has 0 N–H and O–H groups in total. The number of hydrogen-bond donors (Lipinski definition) is 0. The molecule has 4 rings (SSSR count). The molecule has 6 heteroatoms. The van der Waals surface area contributed by atoms with Crippen LogP contribution in [0.1, 0.15) is 33.6 Å². The number of ether oxygens (including phenoxy) is 2. The number of rotatable bonds is 6. The van der Waals surface area contributed by atoms with Gasteiger partial charge in [0.15, 0.2) is 11.6 Å². The minimum absolute atomic E-state index is 0.110. The van der Waals surface area contributed by atoms with Gasteiger partial charge in [0, 0.05) is 56.3 Å². The summed E-state index contributed by atoms with van der Waals surface area (Å²) in [4.78, 5) is 4.25. The summed E-state index contributed by atoms with van der Waals surface area (Å²) in [6.07, 6.45) is 1.73. The lowest BCUT2D eigenvalue weighted by Gasteiger charge is -2.38. The van der Waals surface area contributed by atoms with Gasteiger partial charge in [0.05, 0.1) is 12.3 Å². The highest BCUT2D eigenvalue weighted by Crippen LogP contribution is 2.33. The van der Waals surface area contributed by atoms with E-state index >= 15 is 0 Å². The van der Waals surface area contributed by atoms with E-state index in [0.717, 1.165) is 25.2 Å². The summed E-state index contributed by atoms with van der Waals surface area (Å²) in [7, 11) is 0. The van der Waals surface area contributed by atoms with E-state index in [1.807, 2.05) is 17.9 Å². The Morgan fingerprint density at radius 2 is 1.74 bits per heavy atom. The number of anilines is 2. The van der Waals surface area contributed by atoms with Crippen molar-refractivity contribution in [3.05, 3.63) is 48.0 Å². The highest BCUT2D eigenvalue weighted by Gasteiger charge is 2.30. The van der Waals surface area contributed by atoms with E-state index in [1.54, 1.807) is 24.3 Å². The first-order valence-corrected chi connectivity index (χ1v) is 11.3. The van der Waals surface area contributed by atoms with Crippen LogP contribution in [-0.2, 0) is 0 Å². The van der Waals surface area contributed by atoms with E-state index in [4.69, 9.17) is 9.47 Å². The molecule has 2 aliphatic rings. The third-order valence-electron chi connectivity index (χ3n) is 6.38. The van der Waals surface area contributed by atoms with Crippen LogP contribution in [0.2, 0.25) is 0 Å². The maximum Gasteiger partial charge on any atom is 0.167 e. The predicted molar refractivity (Wildman–Crippen MR) is 120 cm³/mol. The maximum atomic E-state index is 14.8. The van der Waals surface area contributed by atoms with Crippen molar-refractivity contribution in [2.75, 3.05) is 42.6 Å². The Bertz CT molecular complexity index is 907. The van der Waals surface area contributed by atoms with Gasteiger partial charge in [-0.1, -0.05) is 13.8 Å². The largest absolute Gasteiger partial charge is 0.494 e. The van der Waals surface area contributed by atoms with E-state index in [-0.39, 0.29) is 23.7 Å². The fourth-order valence-corrected chi connectivity index (χ4v) is 4.62. The average Bonchev–Trinajstić information content (AvgIpc) is 3.19. The van der Waals surface area contributed by atoms with Crippen LogP contribution in [0.4, 0.5) is 20.2 Å². The summed E-state index contributed by atoms with van der Waals surface area (Å²) in [5.41, 5.74) is 1.47. The number of nitrogens with zero attached hydrogens (tertiary/aromatic N) is 2. The van der Waals surface area contributed by atoms with Crippen LogP contribution in [0.5, 0.6) is 11.5 Å². The van der Waals surface area contributed by atoms with Crippen molar-refractivity contribution in [1.29, 1.82) is 0 Å². The lowest BCUT2D eigenvalue weighted by molar-refractivity contribution is 0.116. The molecule has 2 fully saturated rings. The molecule has 2 aliphatic heterocycles. The van der Waals surface area contributed by atoms with Gasteiger partial charge in [-0.3, -0.25) is 0 Å². The van der Waals surface area contributed by atoms with Crippen molar-refractivity contribution in [2.24, 2.45) is 11.8 Å². The van der Waals surface area contributed by atoms with Gasteiger partial charge in [0.25, 0.3) is 0 Å². The molecular weight excluding hydrogens is 398 g/mol. The molecule has 2 aromatic rings. The van der Waals surface area contributed by atoms with Crippen LogP contribution in [0, 0.1) is 23.5 Å². The maximum absolute atomic E-state index is 14.8. The lowest BCUT2D eigenvalue weighted by Crippen LogP contribution is -2.44. The Kier molecular flexibility index (Phi) is 6.54. The number of hydrogen-bond acceptors (Lipinski definition) is 4. The third-order valence-corrected chi connectivity index (χ3v) is 6.38. The zero-order chi connectivity index (χ0) is 22.0. The molecular formula is C25H32F2N2O2. The number of piperidine rings is 1. The quantitative estimate of drug-likeness (QED) is 0.604. The molecule has 3 atom stereocenters. The summed E-state index contributed by atoms with van der Waals surface area (Å²) < 4.78 is 40.8. The zero-order valence-electron chi connectivity index (χ0n) is 18.6. The van der Waals surface area contributed by atoms with Gasteiger partial charge >= 0.3 is 0 Å². The molecule has 0 bridgehead atoms. The molecule has 0 amide bonds. The molecule has 0 aromatic heterocycles. The van der Waals surface area contributed by atoms with E-state index in [2.05, 4.69) is 18.7 Å². The molecule has 0 radical (unpaired) electrons. The molecule has 3 unspecified atom stereocenters. The molecule has 4 nitrogen and oxygen atoms in total. The summed E-state index contributed by atoms with van der Waals surface area (Å²) in [5, 5.41) is 0. The van der Waals surface area contributed by atoms with E-state index in [0.29, 0.717) is 49.2 Å². The van der Waals surface area contributed by atoms with Gasteiger partial charge in [0.1, 0.15) is 17.7 Å². The third kappa shape index (κ3) is 4.89. The minimum atomic E-state index is -0.317. The summed E-state index contributed by atoms with van der Waals surface area (Å²) >= 11 is 0. The van der Waals surface area contributed by atoms with E-state index in [9.17, 15) is 8.78 Å². The van der Waals surface area contributed by atoms with Crippen LogP contribution < -0.4 is 19.3 Å². The SMILES string of the molecule is CCOc1ccc(F)c(N2CCC(Oc3ccc(N4CCC(C)C4)cc3F)C(C)C2)c1. The van der Waals surface area contributed by atoms with Gasteiger partial charge < -0.3 is 19.3 Å². The van der Waals surface area contributed by atoms with Crippen molar-refractivity contribution in [2.45, 2.75) is 39.7 Å². The van der Waals surface area contributed by atoms with Crippen LogP contribution in [-0.4, -0.2) is 38.9 Å². The van der Waals surface area contributed by atoms with Crippen LogP contribution in [0.15, 0.2) is 36.4 Å². The Balaban J connectivity index is 1.40. The molecule has 0 saturated carbocycles. The first kappa shape index (κ1) is 21.7. The van der Waals surface area contributed by atoms with Gasteiger partial charge in [0.2, 0.25) is 0 Å². The van der Waals surface area contributed by atoms with Crippen LogP contribution in [0.25, 0.3) is 0 Å². The van der Waals surface area contributed by atoms with Crippen molar-refractivity contribution in [1.82, 2.24) is 0 Å². The summed E-state index contributed by atoms with van der Waals surface area (Å²) in [6, 6.07) is 10.1. The smallest absolute Gasteiger partial charge is 0.167 e. The molecule has 2 saturated heterocycles. The number of benzene rings is 2. The molecule has 31 heavy (non-hydrogen) atoms. The molecule has 0 aliphatic carbocycles. The van der Waals surface area contributed by atoms with Gasteiger partial charge in [-0.2, -0.15) is 0 Å². The second-order valence-corrected chi connectivity index (χ2v) is 8.87. The average molecular weight is 431 g/mol. The van der Waals surface area contributed by atoms with Gasteiger partial charge in [-0.05, 0) is 43.5 Å². The standard InChI is InChI=1S/C25H32F2N2O2/c1-4-30-20-6-7-21(26)23(14-20)29-12-10-24(18(3)16-29)31-25-8-5-19(13-22(25)27)28-11-9-17(2)15-28/h5-8,13-14,17-18,24H,4,9-12,15-16H2,1-3H3. The highest BCUT2D eigenvalue weighted by molar-refractivity contribution is 5.53. The second kappa shape index (κ2) is 9.33. The Hall–Kier alpha value is -2.50. The fourth-order valence-electron chi connectivity index (χ4n) is 4.62. The Morgan fingerprint density at radius 3 is 2.42 bits per heavy atom. The molecule has 168 valence electrons. The topological polar surface area (TPSA) is 24.9 Å². The first-order valence-electron chi connectivity index (χ1n) is 11.3.